The minimum absolute atomic E-state index is 0.0637. The van der Waals surface area contributed by atoms with E-state index in [-0.39, 0.29) is 22.9 Å². The average Bonchev–Trinajstić information content (AvgIpc) is 2.19. The monoisotopic (exact) mass is 247 g/mol. The second kappa shape index (κ2) is 3.86. The summed E-state index contributed by atoms with van der Waals surface area (Å²) in [5.41, 5.74) is 4.88. The lowest BCUT2D eigenvalue weighted by molar-refractivity contribution is 0.233. The van der Waals surface area contributed by atoms with Gasteiger partial charge in [-0.05, 0) is 18.9 Å². The quantitative estimate of drug-likeness (QED) is 0.790. The molecule has 3 N–H and O–H groups in total. The third kappa shape index (κ3) is 1.48. The van der Waals surface area contributed by atoms with Crippen LogP contribution in [0.4, 0.5) is 8.78 Å². The fourth-order valence-electron chi connectivity index (χ4n) is 2.23. The molecular weight excluding hydrogens is 236 g/mol. The van der Waals surface area contributed by atoms with Crippen molar-refractivity contribution in [2.24, 2.45) is 5.73 Å². The molecule has 1 aliphatic rings. The lowest BCUT2D eigenvalue weighted by Crippen LogP contribution is -2.42. The molecule has 1 aromatic rings. The Balaban J connectivity index is 2.63. The molecule has 2 nitrogen and oxygen atoms in total. The SMILES string of the molecule is NCC1(c2c(O)c(Cl)cc(F)c2F)CCC1. The Morgan fingerprint density at radius 1 is 1.44 bits per heavy atom. The maximum Gasteiger partial charge on any atom is 0.166 e. The largest absolute Gasteiger partial charge is 0.506 e. The highest BCUT2D eigenvalue weighted by atomic mass is 35.5. The predicted molar refractivity (Wildman–Crippen MR) is 57.6 cm³/mol. The minimum atomic E-state index is -1.04. The maximum atomic E-state index is 13.7. The van der Waals surface area contributed by atoms with Gasteiger partial charge in [0.25, 0.3) is 0 Å². The van der Waals surface area contributed by atoms with Gasteiger partial charge in [0.2, 0.25) is 0 Å². The molecule has 1 aliphatic carbocycles. The summed E-state index contributed by atoms with van der Waals surface area (Å²) >= 11 is 5.64. The Kier molecular flexibility index (Phi) is 2.80. The molecular formula is C11H12ClF2NO. The zero-order valence-electron chi connectivity index (χ0n) is 8.56. The molecule has 0 aliphatic heterocycles. The van der Waals surface area contributed by atoms with Gasteiger partial charge in [-0.2, -0.15) is 0 Å². The van der Waals surface area contributed by atoms with E-state index in [9.17, 15) is 13.9 Å². The van der Waals surface area contributed by atoms with E-state index in [0.29, 0.717) is 12.8 Å². The van der Waals surface area contributed by atoms with Crippen molar-refractivity contribution in [3.63, 3.8) is 0 Å². The number of benzene rings is 1. The number of rotatable bonds is 2. The Bertz CT molecular complexity index is 401. The summed E-state index contributed by atoms with van der Waals surface area (Å²) in [6.45, 7) is 0.178. The van der Waals surface area contributed by atoms with E-state index in [2.05, 4.69) is 0 Å². The Labute approximate surface area is 97.0 Å². The van der Waals surface area contributed by atoms with Gasteiger partial charge in [0.1, 0.15) is 5.75 Å². The second-order valence-corrected chi connectivity index (χ2v) is 4.62. The lowest BCUT2D eigenvalue weighted by atomic mass is 9.64. The van der Waals surface area contributed by atoms with E-state index in [1.165, 1.54) is 0 Å². The Morgan fingerprint density at radius 3 is 2.50 bits per heavy atom. The van der Waals surface area contributed by atoms with Crippen LogP contribution in [0, 0.1) is 11.6 Å². The number of hydrogen-bond acceptors (Lipinski definition) is 2. The van der Waals surface area contributed by atoms with Gasteiger partial charge in [0.05, 0.1) is 5.02 Å². The van der Waals surface area contributed by atoms with Gasteiger partial charge in [-0.3, -0.25) is 0 Å². The molecule has 88 valence electrons. The van der Waals surface area contributed by atoms with E-state index in [0.717, 1.165) is 12.5 Å². The molecule has 1 fully saturated rings. The van der Waals surface area contributed by atoms with Crippen LogP contribution in [-0.4, -0.2) is 11.7 Å². The molecule has 0 spiro atoms. The van der Waals surface area contributed by atoms with Gasteiger partial charge >= 0.3 is 0 Å². The number of nitrogens with two attached hydrogens (primary N) is 1. The van der Waals surface area contributed by atoms with Crippen LogP contribution < -0.4 is 5.73 Å². The molecule has 0 amide bonds. The third-order valence-electron chi connectivity index (χ3n) is 3.38. The molecule has 0 saturated heterocycles. The van der Waals surface area contributed by atoms with E-state index in [4.69, 9.17) is 17.3 Å². The summed E-state index contributed by atoms with van der Waals surface area (Å²) in [5, 5.41) is 9.57. The van der Waals surface area contributed by atoms with Crippen molar-refractivity contribution < 1.29 is 13.9 Å². The van der Waals surface area contributed by atoms with Crippen LogP contribution in [0.1, 0.15) is 24.8 Å². The first kappa shape index (κ1) is 11.6. The first-order valence-corrected chi connectivity index (χ1v) is 5.46. The molecule has 0 aromatic heterocycles. The van der Waals surface area contributed by atoms with E-state index < -0.39 is 17.0 Å². The van der Waals surface area contributed by atoms with Crippen molar-refractivity contribution in [1.82, 2.24) is 0 Å². The van der Waals surface area contributed by atoms with Gasteiger partial charge in [-0.15, -0.1) is 0 Å². The molecule has 1 saturated carbocycles. The molecule has 16 heavy (non-hydrogen) atoms. The molecule has 0 heterocycles. The number of halogens is 3. The number of phenolic OH excluding ortho intramolecular Hbond substituents is 1. The highest BCUT2D eigenvalue weighted by Gasteiger charge is 2.42. The Morgan fingerprint density at radius 2 is 2.06 bits per heavy atom. The predicted octanol–water partition coefficient (Wildman–Crippen LogP) is 2.70. The lowest BCUT2D eigenvalue weighted by Gasteiger charge is -2.41. The van der Waals surface area contributed by atoms with Crippen LogP contribution in [0.2, 0.25) is 5.02 Å². The zero-order valence-corrected chi connectivity index (χ0v) is 9.32. The summed E-state index contributed by atoms with van der Waals surface area (Å²) in [4.78, 5) is 0. The van der Waals surface area contributed by atoms with Crippen molar-refractivity contribution in [2.45, 2.75) is 24.7 Å². The smallest absolute Gasteiger partial charge is 0.166 e. The van der Waals surface area contributed by atoms with Crippen molar-refractivity contribution in [2.75, 3.05) is 6.54 Å². The van der Waals surface area contributed by atoms with Gasteiger partial charge in [0.15, 0.2) is 11.6 Å². The normalized spacial score (nSPS) is 18.2. The molecule has 5 heteroatoms. The first-order chi connectivity index (χ1) is 7.52. The molecule has 2 rings (SSSR count). The standard InChI is InChI=1S/C11H12ClF2NO/c12-6-4-7(13)9(14)8(10(6)16)11(5-15)2-1-3-11/h4,16H,1-3,5,15H2. The van der Waals surface area contributed by atoms with Crippen LogP contribution in [0.25, 0.3) is 0 Å². The summed E-state index contributed by atoms with van der Waals surface area (Å²) in [6, 6.07) is 0.776. The van der Waals surface area contributed by atoms with Crippen LogP contribution >= 0.6 is 11.6 Å². The summed E-state index contributed by atoms with van der Waals surface area (Å²) < 4.78 is 26.9. The van der Waals surface area contributed by atoms with Crippen molar-refractivity contribution in [3.8, 4) is 5.75 Å². The average molecular weight is 248 g/mol. The molecule has 0 bridgehead atoms. The first-order valence-electron chi connectivity index (χ1n) is 5.09. The minimum Gasteiger partial charge on any atom is -0.506 e. The second-order valence-electron chi connectivity index (χ2n) is 4.22. The van der Waals surface area contributed by atoms with Crippen LogP contribution in [-0.2, 0) is 5.41 Å². The van der Waals surface area contributed by atoms with Crippen molar-refractivity contribution in [3.05, 3.63) is 28.3 Å². The third-order valence-corrected chi connectivity index (χ3v) is 3.67. The van der Waals surface area contributed by atoms with Crippen LogP contribution in [0.15, 0.2) is 6.07 Å². The zero-order chi connectivity index (χ0) is 11.9. The molecule has 1 aromatic carbocycles. The van der Waals surface area contributed by atoms with E-state index in [1.807, 2.05) is 0 Å². The van der Waals surface area contributed by atoms with E-state index in [1.54, 1.807) is 0 Å². The van der Waals surface area contributed by atoms with E-state index >= 15 is 0 Å². The number of phenols is 1. The highest BCUT2D eigenvalue weighted by Crippen LogP contribution is 2.49. The van der Waals surface area contributed by atoms with Crippen LogP contribution in [0.3, 0.4) is 0 Å². The topological polar surface area (TPSA) is 46.2 Å². The fraction of sp³-hybridized carbons (Fsp3) is 0.455. The van der Waals surface area contributed by atoms with Crippen LogP contribution in [0.5, 0.6) is 5.75 Å². The number of hydrogen-bond donors (Lipinski definition) is 2. The summed E-state index contributed by atoms with van der Waals surface area (Å²) in [5.74, 6) is -2.46. The molecule has 0 atom stereocenters. The molecule has 0 radical (unpaired) electrons. The van der Waals surface area contributed by atoms with Crippen molar-refractivity contribution >= 4 is 11.6 Å². The highest BCUT2D eigenvalue weighted by molar-refractivity contribution is 6.32. The fourth-order valence-corrected chi connectivity index (χ4v) is 2.42. The van der Waals surface area contributed by atoms with Gasteiger partial charge in [-0.1, -0.05) is 18.0 Å². The maximum absolute atomic E-state index is 13.7. The summed E-state index contributed by atoms with van der Waals surface area (Å²) in [7, 11) is 0. The van der Waals surface area contributed by atoms with Gasteiger partial charge in [0, 0.05) is 17.5 Å². The summed E-state index contributed by atoms with van der Waals surface area (Å²) in [6.07, 6.45) is 2.19. The van der Waals surface area contributed by atoms with Gasteiger partial charge in [-0.25, -0.2) is 8.78 Å². The molecule has 0 unspecified atom stereocenters. The number of aromatic hydroxyl groups is 1. The van der Waals surface area contributed by atoms with Gasteiger partial charge < -0.3 is 10.8 Å². The van der Waals surface area contributed by atoms with Crippen molar-refractivity contribution in [1.29, 1.82) is 0 Å². The Hall–Kier alpha value is -0.870.